The van der Waals surface area contributed by atoms with E-state index >= 15 is 0 Å². The number of carbonyl (C=O) groups excluding carboxylic acids is 5. The fourth-order valence-corrected chi connectivity index (χ4v) is 7.38. The van der Waals surface area contributed by atoms with Gasteiger partial charge in [-0.1, -0.05) is 11.6 Å². The van der Waals surface area contributed by atoms with Crippen LogP contribution in [0.1, 0.15) is 34.3 Å². The number of ether oxygens (including phenoxy) is 1. The predicted octanol–water partition coefficient (Wildman–Crippen LogP) is -0.259. The summed E-state index contributed by atoms with van der Waals surface area (Å²) in [6.07, 6.45) is 0.966. The minimum atomic E-state index is -2.75. The number of hydrogen-bond donors (Lipinski definition) is 3. The molecule has 1 aromatic carbocycles. The summed E-state index contributed by atoms with van der Waals surface area (Å²) in [5, 5.41) is 22.8. The third-order valence-electron chi connectivity index (χ3n) is 9.02. The van der Waals surface area contributed by atoms with Crippen LogP contribution in [-0.4, -0.2) is 101 Å². The van der Waals surface area contributed by atoms with Gasteiger partial charge < -0.3 is 20.7 Å². The summed E-state index contributed by atoms with van der Waals surface area (Å²) in [4.78, 5) is 69.6. The number of likely N-dealkylation sites (N-methyl/N-ethyl adjacent to an activating group) is 2. The van der Waals surface area contributed by atoms with Crippen molar-refractivity contribution in [1.82, 2.24) is 9.80 Å². The highest BCUT2D eigenvalue weighted by Crippen LogP contribution is 2.51. The predicted molar refractivity (Wildman–Crippen MR) is 137 cm³/mol. The molecular weight excluding hydrogens is 530 g/mol. The Morgan fingerprint density at radius 3 is 2.49 bits per heavy atom. The fourth-order valence-electron chi connectivity index (χ4n) is 7.09. The van der Waals surface area contributed by atoms with Gasteiger partial charge in [0.15, 0.2) is 34.7 Å². The van der Waals surface area contributed by atoms with E-state index in [1.54, 1.807) is 14.1 Å². The van der Waals surface area contributed by atoms with E-state index in [0.717, 1.165) is 6.42 Å². The van der Waals surface area contributed by atoms with Crippen LogP contribution in [0, 0.1) is 23.7 Å². The van der Waals surface area contributed by atoms with Crippen molar-refractivity contribution >= 4 is 40.6 Å². The van der Waals surface area contributed by atoms with Gasteiger partial charge in [-0.3, -0.25) is 33.8 Å². The van der Waals surface area contributed by atoms with Crippen molar-refractivity contribution in [3.63, 3.8) is 0 Å². The number of hydrogen-bond acceptors (Lipinski definition) is 10. The second kappa shape index (κ2) is 9.74. The Hall–Kier alpha value is -2.70. The number of benzene rings is 1. The minimum Gasteiger partial charge on any atom is -0.507 e. The average molecular weight is 562 g/mol. The standard InChI is InChI=1S/C27H32ClN3O8/c1-30(2)21-15-7-11-6-14-18(16(32)8-12(20(14)28)9-31(3)13-4-5-39-10-13)22(33)17(11)24(35)27(15,38)25(36)19(23(21)34)26(29)37/h8,11,13,15,17,19,21,32,38H,4-7,9-10H2,1-3H3,(H2,29,37)/t11-,13+,15-,17?,19?,21-,27-/m0/s1. The lowest BCUT2D eigenvalue weighted by molar-refractivity contribution is -0.181. The van der Waals surface area contributed by atoms with Crippen molar-refractivity contribution in [2.24, 2.45) is 29.4 Å². The summed E-state index contributed by atoms with van der Waals surface area (Å²) in [7, 11) is 5.01. The molecule has 0 aromatic heterocycles. The number of aromatic hydroxyl groups is 1. The summed E-state index contributed by atoms with van der Waals surface area (Å²) in [6, 6.07) is 0.447. The van der Waals surface area contributed by atoms with Crippen LogP contribution in [0.3, 0.4) is 0 Å². The van der Waals surface area contributed by atoms with Crippen LogP contribution < -0.4 is 5.73 Å². The Balaban J connectivity index is 1.55. The number of fused-ring (bicyclic) bond motifs is 3. The van der Waals surface area contributed by atoms with E-state index in [1.165, 1.54) is 11.0 Å². The molecule has 1 aromatic rings. The molecule has 1 amide bonds. The summed E-state index contributed by atoms with van der Waals surface area (Å²) in [5.41, 5.74) is 3.50. The van der Waals surface area contributed by atoms with Crippen molar-refractivity contribution < 1.29 is 38.9 Å². The number of halogens is 1. The van der Waals surface area contributed by atoms with Crippen LogP contribution in [-0.2, 0) is 36.9 Å². The maximum atomic E-state index is 13.8. The number of carbonyl (C=O) groups is 5. The highest BCUT2D eigenvalue weighted by atomic mass is 35.5. The van der Waals surface area contributed by atoms with Crippen LogP contribution in [0.2, 0.25) is 5.02 Å². The van der Waals surface area contributed by atoms with Gasteiger partial charge in [-0.25, -0.2) is 0 Å². The number of aliphatic hydroxyl groups is 1. The van der Waals surface area contributed by atoms with E-state index in [0.29, 0.717) is 35.9 Å². The van der Waals surface area contributed by atoms with Crippen molar-refractivity contribution in [1.29, 1.82) is 0 Å². The Morgan fingerprint density at radius 2 is 1.90 bits per heavy atom. The lowest BCUT2D eigenvalue weighted by Gasteiger charge is -2.52. The Kier molecular flexibility index (Phi) is 6.96. The number of primary amides is 1. The molecule has 1 heterocycles. The van der Waals surface area contributed by atoms with Gasteiger partial charge in [0.05, 0.1) is 24.1 Å². The summed E-state index contributed by atoms with van der Waals surface area (Å²) < 4.78 is 5.46. The van der Waals surface area contributed by atoms with Gasteiger partial charge in [0.25, 0.3) is 0 Å². The molecule has 2 saturated carbocycles. The van der Waals surface area contributed by atoms with Crippen LogP contribution in [0.5, 0.6) is 5.75 Å². The van der Waals surface area contributed by atoms with Gasteiger partial charge >= 0.3 is 0 Å². The molecule has 3 fully saturated rings. The van der Waals surface area contributed by atoms with Gasteiger partial charge in [-0.15, -0.1) is 0 Å². The first-order valence-corrected chi connectivity index (χ1v) is 13.3. The topological polar surface area (TPSA) is 168 Å². The van der Waals surface area contributed by atoms with Gasteiger partial charge in [0, 0.05) is 30.1 Å². The van der Waals surface area contributed by atoms with Crippen LogP contribution in [0.25, 0.3) is 0 Å². The molecule has 210 valence electrons. The van der Waals surface area contributed by atoms with E-state index in [1.807, 2.05) is 7.05 Å². The molecule has 11 nitrogen and oxygen atoms in total. The lowest BCUT2D eigenvalue weighted by Crippen LogP contribution is -2.74. The van der Waals surface area contributed by atoms with Crippen LogP contribution >= 0.6 is 11.6 Å². The second-order valence-corrected chi connectivity index (χ2v) is 11.8. The third-order valence-corrected chi connectivity index (χ3v) is 9.49. The maximum absolute atomic E-state index is 13.8. The number of phenolic OH excluding ortho intramolecular Hbond substituents is 1. The van der Waals surface area contributed by atoms with E-state index in [-0.39, 0.29) is 30.2 Å². The van der Waals surface area contributed by atoms with Crippen molar-refractivity contribution in [2.45, 2.75) is 43.5 Å². The molecule has 0 spiro atoms. The molecule has 4 aliphatic rings. The summed E-state index contributed by atoms with van der Waals surface area (Å²) in [6.45, 7) is 1.65. The Morgan fingerprint density at radius 1 is 1.21 bits per heavy atom. The zero-order chi connectivity index (χ0) is 28.5. The highest BCUT2D eigenvalue weighted by molar-refractivity contribution is 6.34. The number of rotatable bonds is 5. The molecule has 7 atom stereocenters. The van der Waals surface area contributed by atoms with E-state index in [9.17, 15) is 34.2 Å². The summed E-state index contributed by atoms with van der Waals surface area (Å²) >= 11 is 6.80. The first kappa shape index (κ1) is 27.9. The highest BCUT2D eigenvalue weighted by Gasteiger charge is 2.69. The molecular formula is C27H32ClN3O8. The molecule has 4 N–H and O–H groups in total. The van der Waals surface area contributed by atoms with Gasteiger partial charge in [0.1, 0.15) is 5.75 Å². The van der Waals surface area contributed by atoms with Crippen molar-refractivity contribution in [3.8, 4) is 5.75 Å². The maximum Gasteiger partial charge on any atom is 0.235 e. The number of nitrogens with two attached hydrogens (primary N) is 1. The van der Waals surface area contributed by atoms with Gasteiger partial charge in [-0.05, 0) is 63.5 Å². The Labute approximate surface area is 230 Å². The molecule has 2 unspecified atom stereocenters. The van der Waals surface area contributed by atoms with Gasteiger partial charge in [0.2, 0.25) is 5.91 Å². The third kappa shape index (κ3) is 4.05. The molecule has 1 aliphatic heterocycles. The second-order valence-electron chi connectivity index (χ2n) is 11.4. The molecule has 0 bridgehead atoms. The monoisotopic (exact) mass is 561 g/mol. The minimum absolute atomic E-state index is 0.0233. The number of Topliss-reactive ketones (excluding diaryl/α,β-unsaturated/α-hetero) is 4. The Bertz CT molecular complexity index is 1290. The normalized spacial score (nSPS) is 34.3. The average Bonchev–Trinajstić information content (AvgIpc) is 3.39. The smallest absolute Gasteiger partial charge is 0.235 e. The van der Waals surface area contributed by atoms with Crippen molar-refractivity contribution in [2.75, 3.05) is 34.4 Å². The first-order chi connectivity index (χ1) is 18.3. The largest absolute Gasteiger partial charge is 0.507 e. The fraction of sp³-hybridized carbons (Fsp3) is 0.593. The number of ketones is 4. The SMILES string of the molecule is CN(C)[C@@H]1C(=O)C(C(N)=O)C(=O)[C@@]2(O)C(=O)C3C(=O)c4c(O)cc(CN(C)[C@@H]5CCOC5)c(Cl)c4C[C@H]3C[C@@H]12. The molecule has 5 rings (SSSR count). The van der Waals surface area contributed by atoms with E-state index < -0.39 is 64.4 Å². The summed E-state index contributed by atoms with van der Waals surface area (Å²) in [5.74, 6) is -10.8. The first-order valence-electron chi connectivity index (χ1n) is 13.0. The van der Waals surface area contributed by atoms with Gasteiger partial charge in [-0.2, -0.15) is 0 Å². The zero-order valence-electron chi connectivity index (χ0n) is 22.0. The lowest BCUT2D eigenvalue weighted by atomic mass is 9.52. The van der Waals surface area contributed by atoms with E-state index in [2.05, 4.69) is 4.90 Å². The molecule has 3 aliphatic carbocycles. The van der Waals surface area contributed by atoms with Crippen LogP contribution in [0.15, 0.2) is 6.07 Å². The number of nitrogens with zero attached hydrogens (tertiary/aromatic N) is 2. The van der Waals surface area contributed by atoms with Crippen molar-refractivity contribution in [3.05, 3.63) is 27.8 Å². The number of amides is 1. The molecule has 1 saturated heterocycles. The molecule has 12 heteroatoms. The van der Waals surface area contributed by atoms with Crippen LogP contribution in [0.4, 0.5) is 0 Å². The molecule has 39 heavy (non-hydrogen) atoms. The molecule has 0 radical (unpaired) electrons. The quantitative estimate of drug-likeness (QED) is 0.407. The van der Waals surface area contributed by atoms with E-state index in [4.69, 9.17) is 22.1 Å². The number of phenols is 1. The zero-order valence-corrected chi connectivity index (χ0v) is 22.7.